The first-order valence-corrected chi connectivity index (χ1v) is 6.34. The molecule has 0 bridgehead atoms. The number of nitrogens with zero attached hydrogens (tertiary/aromatic N) is 6. The van der Waals surface area contributed by atoms with Crippen molar-refractivity contribution >= 4 is 17.5 Å². The van der Waals surface area contributed by atoms with Crippen LogP contribution in [0.25, 0.3) is 11.5 Å². The number of aryl methyl sites for hydroxylation is 1. The predicted octanol–water partition coefficient (Wildman–Crippen LogP) is 0.762. The van der Waals surface area contributed by atoms with E-state index in [-0.39, 0.29) is 5.28 Å². The highest BCUT2D eigenvalue weighted by Crippen LogP contribution is 2.18. The smallest absolute Gasteiger partial charge is 0.230 e. The van der Waals surface area contributed by atoms with E-state index < -0.39 is 0 Å². The van der Waals surface area contributed by atoms with Gasteiger partial charge in [-0.2, -0.15) is 20.1 Å². The molecule has 1 aliphatic heterocycles. The van der Waals surface area contributed by atoms with Crippen LogP contribution in [0.1, 0.15) is 0 Å². The molecule has 0 saturated carbocycles. The average molecular weight is 281 g/mol. The highest BCUT2D eigenvalue weighted by molar-refractivity contribution is 6.28. The summed E-state index contributed by atoms with van der Waals surface area (Å²) in [5.74, 6) is 1.06. The van der Waals surface area contributed by atoms with Gasteiger partial charge in [0, 0.05) is 26.3 Å². The third-order valence-electron chi connectivity index (χ3n) is 2.83. The first-order valence-electron chi connectivity index (χ1n) is 5.97. The van der Waals surface area contributed by atoms with Gasteiger partial charge < -0.3 is 9.64 Å². The second-order valence-corrected chi connectivity index (χ2v) is 4.54. The van der Waals surface area contributed by atoms with Gasteiger partial charge in [-0.25, -0.2) is 0 Å². The fraction of sp³-hybridized carbons (Fsp3) is 0.455. The third kappa shape index (κ3) is 2.66. The Kier molecular flexibility index (Phi) is 3.31. The molecule has 1 aliphatic rings. The van der Waals surface area contributed by atoms with Gasteiger partial charge in [-0.1, -0.05) is 0 Å². The molecule has 1 fully saturated rings. The lowest BCUT2D eigenvalue weighted by Crippen LogP contribution is -2.37. The molecule has 8 heteroatoms. The fourth-order valence-electron chi connectivity index (χ4n) is 1.89. The third-order valence-corrected chi connectivity index (χ3v) is 3.00. The van der Waals surface area contributed by atoms with E-state index >= 15 is 0 Å². The Morgan fingerprint density at radius 2 is 2.00 bits per heavy atom. The molecular formula is C11H13ClN6O. The van der Waals surface area contributed by atoms with E-state index in [9.17, 15) is 0 Å². The zero-order valence-corrected chi connectivity index (χ0v) is 11.2. The Labute approximate surface area is 115 Å². The summed E-state index contributed by atoms with van der Waals surface area (Å²) in [6, 6.07) is 1.84. The molecule has 1 saturated heterocycles. The van der Waals surface area contributed by atoms with Crippen LogP contribution in [0.4, 0.5) is 5.95 Å². The van der Waals surface area contributed by atoms with Crippen molar-refractivity contribution in [2.75, 3.05) is 31.2 Å². The van der Waals surface area contributed by atoms with Gasteiger partial charge in [0.1, 0.15) is 5.69 Å². The second-order valence-electron chi connectivity index (χ2n) is 4.20. The Hall–Kier alpha value is -1.73. The number of halogens is 1. The predicted molar refractivity (Wildman–Crippen MR) is 70.1 cm³/mol. The Morgan fingerprint density at radius 1 is 1.21 bits per heavy atom. The minimum atomic E-state index is 0.178. The summed E-state index contributed by atoms with van der Waals surface area (Å²) < 4.78 is 7.00. The summed E-state index contributed by atoms with van der Waals surface area (Å²) in [4.78, 5) is 14.8. The summed E-state index contributed by atoms with van der Waals surface area (Å²) in [5, 5.41) is 4.45. The fourth-order valence-corrected chi connectivity index (χ4v) is 2.05. The number of hydrogen-bond acceptors (Lipinski definition) is 6. The molecule has 3 heterocycles. The van der Waals surface area contributed by atoms with E-state index in [1.54, 1.807) is 4.68 Å². The first kappa shape index (κ1) is 12.3. The zero-order chi connectivity index (χ0) is 13.2. The molecule has 7 nitrogen and oxygen atoms in total. The monoisotopic (exact) mass is 280 g/mol. The second kappa shape index (κ2) is 5.10. The van der Waals surface area contributed by atoms with E-state index in [4.69, 9.17) is 16.3 Å². The minimum Gasteiger partial charge on any atom is -0.378 e. The van der Waals surface area contributed by atoms with Crippen LogP contribution >= 0.6 is 11.6 Å². The molecule has 0 unspecified atom stereocenters. The van der Waals surface area contributed by atoms with Crippen LogP contribution in [-0.4, -0.2) is 51.0 Å². The maximum absolute atomic E-state index is 5.97. The molecule has 0 aliphatic carbocycles. The molecule has 100 valence electrons. The molecule has 2 aromatic rings. The first-order chi connectivity index (χ1) is 9.22. The topological polar surface area (TPSA) is 69.0 Å². The van der Waals surface area contributed by atoms with Crippen molar-refractivity contribution < 1.29 is 4.74 Å². The standard InChI is InChI=1S/C11H13ClN6O/c1-17-3-2-8(16-17)9-13-10(12)15-11(14-9)18-4-6-19-7-5-18/h2-3H,4-7H2,1H3. The van der Waals surface area contributed by atoms with Crippen LogP contribution in [0, 0.1) is 0 Å². The van der Waals surface area contributed by atoms with Crippen LogP contribution in [-0.2, 0) is 11.8 Å². The minimum absolute atomic E-state index is 0.178. The molecule has 0 aromatic carbocycles. The number of anilines is 1. The SMILES string of the molecule is Cn1ccc(-c2nc(Cl)nc(N3CCOCC3)n2)n1. The van der Waals surface area contributed by atoms with Gasteiger partial charge in [-0.15, -0.1) is 0 Å². The summed E-state index contributed by atoms with van der Waals surface area (Å²) in [6.45, 7) is 2.84. The van der Waals surface area contributed by atoms with Crippen LogP contribution in [0.3, 0.4) is 0 Å². The van der Waals surface area contributed by atoms with Crippen LogP contribution < -0.4 is 4.90 Å². The number of rotatable bonds is 2. The van der Waals surface area contributed by atoms with Crippen LogP contribution in [0.5, 0.6) is 0 Å². The van der Waals surface area contributed by atoms with Crippen molar-refractivity contribution in [3.63, 3.8) is 0 Å². The maximum Gasteiger partial charge on any atom is 0.230 e. The molecule has 0 amide bonds. The summed E-state index contributed by atoms with van der Waals surface area (Å²) in [5.41, 5.74) is 0.682. The lowest BCUT2D eigenvalue weighted by atomic mass is 10.4. The van der Waals surface area contributed by atoms with Crippen LogP contribution in [0.2, 0.25) is 5.28 Å². The van der Waals surface area contributed by atoms with Crippen molar-refractivity contribution in [1.29, 1.82) is 0 Å². The van der Waals surface area contributed by atoms with Crippen molar-refractivity contribution in [1.82, 2.24) is 24.7 Å². The molecule has 0 spiro atoms. The zero-order valence-electron chi connectivity index (χ0n) is 10.5. The van der Waals surface area contributed by atoms with Gasteiger partial charge in [-0.3, -0.25) is 4.68 Å². The van der Waals surface area contributed by atoms with E-state index in [2.05, 4.69) is 20.1 Å². The van der Waals surface area contributed by atoms with Crippen LogP contribution in [0.15, 0.2) is 12.3 Å². The van der Waals surface area contributed by atoms with Gasteiger partial charge in [0.25, 0.3) is 0 Å². The number of aromatic nitrogens is 5. The van der Waals surface area contributed by atoms with Gasteiger partial charge in [0.15, 0.2) is 5.82 Å². The molecule has 0 atom stereocenters. The molecule has 3 rings (SSSR count). The number of ether oxygens (including phenoxy) is 1. The highest BCUT2D eigenvalue weighted by Gasteiger charge is 2.17. The lowest BCUT2D eigenvalue weighted by molar-refractivity contribution is 0.122. The number of morpholine rings is 1. The van der Waals surface area contributed by atoms with Crippen molar-refractivity contribution in [2.24, 2.45) is 7.05 Å². The molecular weight excluding hydrogens is 268 g/mol. The van der Waals surface area contributed by atoms with Crippen molar-refractivity contribution in [3.8, 4) is 11.5 Å². The maximum atomic E-state index is 5.97. The van der Waals surface area contributed by atoms with Gasteiger partial charge in [-0.05, 0) is 17.7 Å². The average Bonchev–Trinajstić information content (AvgIpc) is 2.86. The quantitative estimate of drug-likeness (QED) is 0.809. The number of hydrogen-bond donors (Lipinski definition) is 0. The largest absolute Gasteiger partial charge is 0.378 e. The molecule has 19 heavy (non-hydrogen) atoms. The Bertz CT molecular complexity index is 580. The Balaban J connectivity index is 1.95. The van der Waals surface area contributed by atoms with E-state index in [0.29, 0.717) is 30.7 Å². The normalized spacial score (nSPS) is 15.8. The van der Waals surface area contributed by atoms with E-state index in [1.807, 2.05) is 24.2 Å². The van der Waals surface area contributed by atoms with Gasteiger partial charge in [0.2, 0.25) is 11.2 Å². The van der Waals surface area contributed by atoms with E-state index in [1.165, 1.54) is 0 Å². The molecule has 0 radical (unpaired) electrons. The molecule has 0 N–H and O–H groups in total. The van der Waals surface area contributed by atoms with Crippen molar-refractivity contribution in [2.45, 2.75) is 0 Å². The lowest BCUT2D eigenvalue weighted by Gasteiger charge is -2.26. The summed E-state index contributed by atoms with van der Waals surface area (Å²) in [7, 11) is 1.84. The Morgan fingerprint density at radius 3 is 2.68 bits per heavy atom. The van der Waals surface area contributed by atoms with E-state index in [0.717, 1.165) is 13.1 Å². The molecule has 2 aromatic heterocycles. The van der Waals surface area contributed by atoms with Crippen molar-refractivity contribution in [3.05, 3.63) is 17.5 Å². The summed E-state index contributed by atoms with van der Waals surface area (Å²) in [6.07, 6.45) is 1.83. The summed E-state index contributed by atoms with van der Waals surface area (Å²) >= 11 is 5.97. The highest BCUT2D eigenvalue weighted by atomic mass is 35.5. The van der Waals surface area contributed by atoms with Gasteiger partial charge in [0.05, 0.1) is 13.2 Å². The van der Waals surface area contributed by atoms with Gasteiger partial charge >= 0.3 is 0 Å².